The molecule has 2 aromatic rings. The fourth-order valence-corrected chi connectivity index (χ4v) is 2.74. The molecule has 0 spiro atoms. The Bertz CT molecular complexity index is 649. The molecule has 0 amide bonds. The molecule has 0 saturated carbocycles. The Morgan fingerprint density at radius 1 is 1.24 bits per heavy atom. The number of nitro benzene ring substituents is 1. The van der Waals surface area contributed by atoms with Crippen LogP contribution >= 0.6 is 11.8 Å². The van der Waals surface area contributed by atoms with Crippen molar-refractivity contribution >= 4 is 23.1 Å². The number of rotatable bonds is 6. The second kappa shape index (κ2) is 7.08. The highest BCUT2D eigenvalue weighted by molar-refractivity contribution is 7.99. The topological polar surface area (TPSA) is 55.2 Å². The van der Waals surface area contributed by atoms with Crippen molar-refractivity contribution in [1.82, 2.24) is 0 Å². The van der Waals surface area contributed by atoms with Crippen LogP contribution in [0.2, 0.25) is 0 Å². The van der Waals surface area contributed by atoms with Crippen molar-refractivity contribution in [2.24, 2.45) is 0 Å². The van der Waals surface area contributed by atoms with Gasteiger partial charge in [0, 0.05) is 34.2 Å². The number of nitrogens with one attached hydrogen (secondary N) is 1. The highest BCUT2D eigenvalue weighted by Crippen LogP contribution is 2.33. The molecule has 0 bridgehead atoms. The number of non-ortho nitro benzene ring substituents is 1. The minimum atomic E-state index is -0.424. The van der Waals surface area contributed by atoms with E-state index in [2.05, 4.69) is 5.32 Å². The van der Waals surface area contributed by atoms with E-state index in [0.717, 1.165) is 13.0 Å². The van der Waals surface area contributed by atoms with Crippen molar-refractivity contribution < 1.29 is 9.31 Å². The molecular weight excluding hydrogens is 291 g/mol. The zero-order valence-corrected chi connectivity index (χ0v) is 12.3. The standard InChI is InChI=1S/C15H15FN2O2S/c1-2-6-17-12-8-13(18(19)20)10-15(9-12)21-14-5-3-4-11(16)7-14/h3-5,7-10,17H,2,6H2,1H3. The first-order valence-corrected chi connectivity index (χ1v) is 7.37. The largest absolute Gasteiger partial charge is 0.385 e. The predicted molar refractivity (Wildman–Crippen MR) is 82.4 cm³/mol. The summed E-state index contributed by atoms with van der Waals surface area (Å²) in [5, 5.41) is 14.1. The van der Waals surface area contributed by atoms with Crippen molar-refractivity contribution in [2.75, 3.05) is 11.9 Å². The summed E-state index contributed by atoms with van der Waals surface area (Å²) in [7, 11) is 0. The second-order valence-corrected chi connectivity index (χ2v) is 5.61. The van der Waals surface area contributed by atoms with Gasteiger partial charge in [-0.25, -0.2) is 4.39 Å². The third kappa shape index (κ3) is 4.46. The molecule has 2 rings (SSSR count). The Hall–Kier alpha value is -2.08. The van der Waals surface area contributed by atoms with Crippen LogP contribution in [-0.4, -0.2) is 11.5 Å². The lowest BCUT2D eigenvalue weighted by Gasteiger charge is -2.08. The monoisotopic (exact) mass is 306 g/mol. The molecule has 2 aromatic carbocycles. The average molecular weight is 306 g/mol. The first kappa shape index (κ1) is 15.3. The summed E-state index contributed by atoms with van der Waals surface area (Å²) in [6.07, 6.45) is 0.926. The highest BCUT2D eigenvalue weighted by Gasteiger charge is 2.11. The normalized spacial score (nSPS) is 10.4. The molecule has 0 radical (unpaired) electrons. The summed E-state index contributed by atoms with van der Waals surface area (Å²) in [4.78, 5) is 12.0. The molecule has 0 atom stereocenters. The van der Waals surface area contributed by atoms with E-state index in [1.54, 1.807) is 12.1 Å². The molecule has 0 saturated heterocycles. The third-order valence-corrected chi connectivity index (χ3v) is 3.67. The van der Waals surface area contributed by atoms with E-state index in [4.69, 9.17) is 0 Å². The maximum absolute atomic E-state index is 13.2. The Morgan fingerprint density at radius 3 is 2.71 bits per heavy atom. The Labute approximate surface area is 126 Å². The van der Waals surface area contributed by atoms with Gasteiger partial charge in [0.2, 0.25) is 0 Å². The van der Waals surface area contributed by atoms with Gasteiger partial charge in [-0.3, -0.25) is 10.1 Å². The minimum Gasteiger partial charge on any atom is -0.385 e. The van der Waals surface area contributed by atoms with Crippen molar-refractivity contribution in [3.63, 3.8) is 0 Å². The quantitative estimate of drug-likeness (QED) is 0.620. The van der Waals surface area contributed by atoms with Gasteiger partial charge in [-0.05, 0) is 30.7 Å². The summed E-state index contributed by atoms with van der Waals surface area (Å²) in [5.74, 6) is -0.324. The first-order valence-electron chi connectivity index (χ1n) is 6.55. The van der Waals surface area contributed by atoms with Gasteiger partial charge in [0.05, 0.1) is 4.92 Å². The van der Waals surface area contributed by atoms with Gasteiger partial charge in [-0.2, -0.15) is 0 Å². The van der Waals surface area contributed by atoms with Crippen LogP contribution in [0.15, 0.2) is 52.3 Å². The fourth-order valence-electron chi connectivity index (χ4n) is 1.79. The van der Waals surface area contributed by atoms with E-state index < -0.39 is 4.92 Å². The minimum absolute atomic E-state index is 0.0232. The lowest BCUT2D eigenvalue weighted by atomic mass is 10.2. The number of hydrogen-bond acceptors (Lipinski definition) is 4. The Kier molecular flexibility index (Phi) is 5.16. The van der Waals surface area contributed by atoms with Crippen LogP contribution < -0.4 is 5.32 Å². The molecule has 0 aliphatic heterocycles. The summed E-state index contributed by atoms with van der Waals surface area (Å²) in [5.41, 5.74) is 0.722. The molecule has 6 heteroatoms. The zero-order chi connectivity index (χ0) is 15.2. The maximum Gasteiger partial charge on any atom is 0.272 e. The lowest BCUT2D eigenvalue weighted by Crippen LogP contribution is -2.00. The van der Waals surface area contributed by atoms with Gasteiger partial charge in [0.1, 0.15) is 5.82 Å². The molecule has 21 heavy (non-hydrogen) atoms. The van der Waals surface area contributed by atoms with Crippen LogP contribution in [0.1, 0.15) is 13.3 Å². The fraction of sp³-hybridized carbons (Fsp3) is 0.200. The van der Waals surface area contributed by atoms with E-state index in [1.165, 1.54) is 36.0 Å². The lowest BCUT2D eigenvalue weighted by molar-refractivity contribution is -0.385. The molecular formula is C15H15FN2O2S. The third-order valence-electron chi connectivity index (χ3n) is 2.71. The predicted octanol–water partition coefficient (Wildman–Crippen LogP) is 4.71. The number of nitrogens with zero attached hydrogens (tertiary/aromatic N) is 1. The molecule has 0 aliphatic rings. The van der Waals surface area contributed by atoms with Crippen LogP contribution in [0.5, 0.6) is 0 Å². The van der Waals surface area contributed by atoms with E-state index in [-0.39, 0.29) is 11.5 Å². The molecule has 0 aliphatic carbocycles. The summed E-state index contributed by atoms with van der Waals surface area (Å²) >= 11 is 1.30. The van der Waals surface area contributed by atoms with E-state index in [0.29, 0.717) is 15.5 Å². The number of anilines is 1. The second-order valence-electron chi connectivity index (χ2n) is 4.46. The molecule has 0 heterocycles. The van der Waals surface area contributed by atoms with Gasteiger partial charge < -0.3 is 5.32 Å². The van der Waals surface area contributed by atoms with Crippen molar-refractivity contribution in [2.45, 2.75) is 23.1 Å². The smallest absolute Gasteiger partial charge is 0.272 e. The first-order chi connectivity index (χ1) is 10.1. The summed E-state index contributed by atoms with van der Waals surface area (Å²) < 4.78 is 13.2. The number of benzene rings is 2. The molecule has 1 N–H and O–H groups in total. The van der Waals surface area contributed by atoms with E-state index in [9.17, 15) is 14.5 Å². The zero-order valence-electron chi connectivity index (χ0n) is 11.5. The van der Waals surface area contributed by atoms with Crippen LogP contribution in [0.25, 0.3) is 0 Å². The van der Waals surface area contributed by atoms with Crippen molar-refractivity contribution in [3.8, 4) is 0 Å². The summed E-state index contributed by atoms with van der Waals surface area (Å²) in [6.45, 7) is 2.76. The van der Waals surface area contributed by atoms with Crippen molar-refractivity contribution in [3.05, 3.63) is 58.4 Å². The SMILES string of the molecule is CCCNc1cc(Sc2cccc(F)c2)cc([N+](=O)[O-])c1. The van der Waals surface area contributed by atoms with E-state index >= 15 is 0 Å². The van der Waals surface area contributed by atoms with Gasteiger partial charge in [0.25, 0.3) is 5.69 Å². The van der Waals surface area contributed by atoms with Crippen LogP contribution in [0.4, 0.5) is 15.8 Å². The molecule has 0 unspecified atom stereocenters. The van der Waals surface area contributed by atoms with E-state index in [1.807, 2.05) is 13.0 Å². The van der Waals surface area contributed by atoms with Crippen LogP contribution in [-0.2, 0) is 0 Å². The Morgan fingerprint density at radius 2 is 2.05 bits per heavy atom. The van der Waals surface area contributed by atoms with Gasteiger partial charge >= 0.3 is 0 Å². The molecule has 0 fully saturated rings. The van der Waals surface area contributed by atoms with Crippen LogP contribution in [0.3, 0.4) is 0 Å². The Balaban J connectivity index is 2.28. The molecule has 4 nitrogen and oxygen atoms in total. The van der Waals surface area contributed by atoms with Gasteiger partial charge in [-0.1, -0.05) is 24.8 Å². The molecule has 110 valence electrons. The van der Waals surface area contributed by atoms with Gasteiger partial charge in [0.15, 0.2) is 0 Å². The van der Waals surface area contributed by atoms with Crippen molar-refractivity contribution in [1.29, 1.82) is 0 Å². The molecule has 0 aromatic heterocycles. The number of nitro groups is 1. The van der Waals surface area contributed by atoms with Crippen LogP contribution in [0, 0.1) is 15.9 Å². The van der Waals surface area contributed by atoms with Gasteiger partial charge in [-0.15, -0.1) is 0 Å². The summed E-state index contributed by atoms with van der Waals surface area (Å²) in [6, 6.07) is 11.0. The number of hydrogen-bond donors (Lipinski definition) is 1. The number of halogens is 1. The maximum atomic E-state index is 13.2. The average Bonchev–Trinajstić information content (AvgIpc) is 2.45. The highest BCUT2D eigenvalue weighted by atomic mass is 32.2.